The van der Waals surface area contributed by atoms with Crippen LogP contribution in [0.4, 0.5) is 0 Å². The molecule has 0 aliphatic heterocycles. The Balaban J connectivity index is 2.12. The van der Waals surface area contributed by atoms with E-state index in [2.05, 4.69) is 113 Å². The molecule has 0 saturated carbocycles. The van der Waals surface area contributed by atoms with Gasteiger partial charge in [0.15, 0.2) is 0 Å². The van der Waals surface area contributed by atoms with Crippen molar-refractivity contribution in [3.63, 3.8) is 0 Å². The summed E-state index contributed by atoms with van der Waals surface area (Å²) in [4.78, 5) is 0. The standard InChI is InChI=1S/C24H26OSeSi/c1-2-3-19-25-24(26)20-27(21-13-7-4-8-14-21,22-15-9-5-10-16-22)23-17-11-6-12-18-23/h4-18H,2-3,19-20H2,1H3. The number of hydrogen-bond acceptors (Lipinski definition) is 1. The van der Waals surface area contributed by atoms with Gasteiger partial charge in [-0.1, -0.05) is 0 Å². The average Bonchev–Trinajstić information content (AvgIpc) is 2.74. The number of ether oxygens (including phenoxy) is 1. The van der Waals surface area contributed by atoms with Crippen LogP contribution in [0.15, 0.2) is 91.0 Å². The van der Waals surface area contributed by atoms with Crippen LogP contribution in [0.5, 0.6) is 0 Å². The fraction of sp³-hybridized carbons (Fsp3) is 0.208. The Hall–Kier alpha value is -1.93. The summed E-state index contributed by atoms with van der Waals surface area (Å²) >= 11 is 3.23. The molecule has 0 bridgehead atoms. The summed E-state index contributed by atoms with van der Waals surface area (Å²) in [5.41, 5.74) is 0. The van der Waals surface area contributed by atoms with E-state index in [0.29, 0.717) is 0 Å². The average molecular weight is 438 g/mol. The van der Waals surface area contributed by atoms with E-state index in [9.17, 15) is 0 Å². The molecule has 0 saturated heterocycles. The van der Waals surface area contributed by atoms with E-state index in [1.54, 1.807) is 0 Å². The molecular formula is C24H26OSeSi. The fourth-order valence-corrected chi connectivity index (χ4v) is 9.54. The van der Waals surface area contributed by atoms with Crippen LogP contribution in [-0.2, 0) is 4.74 Å². The Kier molecular flexibility index (Phi) is 7.23. The van der Waals surface area contributed by atoms with E-state index in [1.807, 2.05) is 0 Å². The van der Waals surface area contributed by atoms with Crippen LogP contribution in [0.3, 0.4) is 0 Å². The number of rotatable bonds is 9. The summed E-state index contributed by atoms with van der Waals surface area (Å²) < 4.78 is 7.12. The van der Waals surface area contributed by atoms with E-state index in [0.717, 1.165) is 30.1 Å². The van der Waals surface area contributed by atoms with Crippen LogP contribution in [0.25, 0.3) is 0 Å². The molecule has 138 valence electrons. The van der Waals surface area contributed by atoms with Crippen molar-refractivity contribution >= 4 is 43.8 Å². The monoisotopic (exact) mass is 438 g/mol. The van der Waals surface area contributed by atoms with Crippen molar-refractivity contribution < 1.29 is 4.74 Å². The van der Waals surface area contributed by atoms with Crippen molar-refractivity contribution in [1.82, 2.24) is 0 Å². The molecule has 0 aliphatic rings. The first-order valence-corrected chi connectivity index (χ1v) is 12.7. The van der Waals surface area contributed by atoms with Gasteiger partial charge in [-0.2, -0.15) is 0 Å². The van der Waals surface area contributed by atoms with Crippen molar-refractivity contribution in [2.75, 3.05) is 6.61 Å². The zero-order valence-corrected chi connectivity index (χ0v) is 18.5. The Morgan fingerprint density at radius 1 is 0.741 bits per heavy atom. The molecule has 0 fully saturated rings. The van der Waals surface area contributed by atoms with Gasteiger partial charge in [0.05, 0.1) is 0 Å². The SMILES string of the molecule is CCCCOC(=[Se])C[Si](c1ccccc1)(c1ccccc1)c1ccccc1. The van der Waals surface area contributed by atoms with Gasteiger partial charge in [-0.15, -0.1) is 0 Å². The summed E-state index contributed by atoms with van der Waals surface area (Å²) in [5, 5.41) is 4.23. The quantitative estimate of drug-likeness (QED) is 0.284. The fourth-order valence-electron chi connectivity index (χ4n) is 3.57. The second-order valence-corrected chi connectivity index (χ2v) is 11.6. The molecule has 0 radical (unpaired) electrons. The van der Waals surface area contributed by atoms with E-state index >= 15 is 0 Å². The van der Waals surface area contributed by atoms with Crippen molar-refractivity contribution in [1.29, 1.82) is 0 Å². The Morgan fingerprint density at radius 2 is 1.15 bits per heavy atom. The molecule has 0 unspecified atom stereocenters. The molecule has 0 N–H and O–H groups in total. The Bertz CT molecular complexity index is 737. The number of hydrogen-bond donors (Lipinski definition) is 0. The van der Waals surface area contributed by atoms with Gasteiger partial charge in [-0.3, -0.25) is 0 Å². The van der Waals surface area contributed by atoms with Gasteiger partial charge in [0.25, 0.3) is 0 Å². The molecule has 0 aliphatic carbocycles. The molecule has 3 rings (SSSR count). The van der Waals surface area contributed by atoms with Crippen LogP contribution in [0.2, 0.25) is 6.04 Å². The van der Waals surface area contributed by atoms with Gasteiger partial charge in [-0.05, 0) is 0 Å². The molecule has 0 amide bonds. The van der Waals surface area contributed by atoms with E-state index < -0.39 is 8.07 Å². The molecule has 0 spiro atoms. The van der Waals surface area contributed by atoms with Crippen LogP contribution < -0.4 is 15.6 Å². The summed E-state index contributed by atoms with van der Waals surface area (Å²) in [6, 6.07) is 33.8. The van der Waals surface area contributed by atoms with Gasteiger partial charge in [0.2, 0.25) is 0 Å². The summed E-state index contributed by atoms with van der Waals surface area (Å²) in [7, 11) is -2.24. The van der Waals surface area contributed by atoms with E-state index in [1.165, 1.54) is 15.6 Å². The number of unbranched alkanes of at least 4 members (excludes halogenated alkanes) is 1. The van der Waals surface area contributed by atoms with Crippen molar-refractivity contribution in [3.05, 3.63) is 91.0 Å². The molecule has 3 aromatic carbocycles. The van der Waals surface area contributed by atoms with Crippen molar-refractivity contribution in [2.24, 2.45) is 0 Å². The molecule has 0 heterocycles. The topological polar surface area (TPSA) is 9.23 Å². The van der Waals surface area contributed by atoms with E-state index in [-0.39, 0.29) is 0 Å². The minimum atomic E-state index is -2.24. The second kappa shape index (κ2) is 9.84. The van der Waals surface area contributed by atoms with Crippen LogP contribution >= 0.6 is 0 Å². The maximum absolute atomic E-state index is 6.10. The van der Waals surface area contributed by atoms with E-state index in [4.69, 9.17) is 4.74 Å². The Labute approximate surface area is 171 Å². The molecule has 1 nitrogen and oxygen atoms in total. The molecule has 3 heteroatoms. The predicted octanol–water partition coefficient (Wildman–Crippen LogP) is 3.27. The van der Waals surface area contributed by atoms with Gasteiger partial charge in [-0.25, -0.2) is 0 Å². The minimum absolute atomic E-state index is 0.779. The predicted molar refractivity (Wildman–Crippen MR) is 120 cm³/mol. The van der Waals surface area contributed by atoms with Gasteiger partial charge in [0, 0.05) is 0 Å². The summed E-state index contributed by atoms with van der Waals surface area (Å²) in [6.45, 7) is 2.97. The normalized spacial score (nSPS) is 11.1. The zero-order valence-electron chi connectivity index (χ0n) is 15.8. The summed E-state index contributed by atoms with van der Waals surface area (Å²) in [5.74, 6) is 0. The first-order chi connectivity index (χ1) is 13.3. The van der Waals surface area contributed by atoms with Crippen LogP contribution in [0.1, 0.15) is 19.8 Å². The van der Waals surface area contributed by atoms with Gasteiger partial charge >= 0.3 is 172 Å². The van der Waals surface area contributed by atoms with Crippen molar-refractivity contribution in [2.45, 2.75) is 25.8 Å². The molecule has 27 heavy (non-hydrogen) atoms. The van der Waals surface area contributed by atoms with Gasteiger partial charge < -0.3 is 0 Å². The third kappa shape index (κ3) is 4.67. The first-order valence-electron chi connectivity index (χ1n) is 9.59. The number of benzene rings is 3. The Morgan fingerprint density at radius 3 is 1.52 bits per heavy atom. The second-order valence-electron chi connectivity index (χ2n) is 6.75. The van der Waals surface area contributed by atoms with Crippen LogP contribution in [-0.4, -0.2) is 34.9 Å². The van der Waals surface area contributed by atoms with Crippen molar-refractivity contribution in [3.8, 4) is 0 Å². The third-order valence-electron chi connectivity index (χ3n) is 4.97. The molecule has 0 atom stereocenters. The van der Waals surface area contributed by atoms with Gasteiger partial charge in [0.1, 0.15) is 0 Å². The molecule has 0 aromatic heterocycles. The maximum atomic E-state index is 6.10. The van der Waals surface area contributed by atoms with Crippen LogP contribution in [0, 0.1) is 0 Å². The zero-order chi connectivity index (χ0) is 19.0. The first kappa shape index (κ1) is 19.8. The molecule has 3 aromatic rings. The summed E-state index contributed by atoms with van der Waals surface area (Å²) in [6.07, 6.45) is 2.23. The molecular weight excluding hydrogens is 411 g/mol. The third-order valence-corrected chi connectivity index (χ3v) is 10.9.